The van der Waals surface area contributed by atoms with Crippen molar-refractivity contribution in [2.75, 3.05) is 0 Å². The van der Waals surface area contributed by atoms with Crippen molar-refractivity contribution in [2.45, 2.75) is 52.2 Å². The van der Waals surface area contributed by atoms with E-state index in [4.69, 9.17) is 0 Å². The van der Waals surface area contributed by atoms with Crippen molar-refractivity contribution in [3.63, 3.8) is 0 Å². The standard InChI is InChI=1S/C15H22O2/c1-6-15(5,17)8-7-13-11(2)9-12(16)10-14(13,3)4/h6,12,16-17H,1,9-10H2,2-5H3/t12?,15-/m1/s1. The Morgan fingerprint density at radius 2 is 2.12 bits per heavy atom. The maximum absolute atomic E-state index is 9.80. The molecule has 0 saturated carbocycles. The highest BCUT2D eigenvalue weighted by molar-refractivity contribution is 5.42. The van der Waals surface area contributed by atoms with E-state index in [1.807, 2.05) is 6.92 Å². The molecule has 0 amide bonds. The molecule has 2 N–H and O–H groups in total. The predicted molar refractivity (Wildman–Crippen MR) is 70.3 cm³/mol. The fourth-order valence-corrected chi connectivity index (χ4v) is 2.31. The summed E-state index contributed by atoms with van der Waals surface area (Å²) in [5.74, 6) is 5.90. The SMILES string of the molecule is C=C[C@@](C)(O)C#CC1=C(C)CC(O)CC1(C)C. The van der Waals surface area contributed by atoms with Gasteiger partial charge in [-0.3, -0.25) is 0 Å². The zero-order valence-corrected chi connectivity index (χ0v) is 11.2. The van der Waals surface area contributed by atoms with Gasteiger partial charge in [-0.15, -0.1) is 0 Å². The second-order valence-corrected chi connectivity index (χ2v) is 5.70. The third-order valence-corrected chi connectivity index (χ3v) is 3.23. The van der Waals surface area contributed by atoms with Crippen molar-refractivity contribution in [1.29, 1.82) is 0 Å². The average molecular weight is 234 g/mol. The highest BCUT2D eigenvalue weighted by Gasteiger charge is 2.32. The molecule has 94 valence electrons. The maximum atomic E-state index is 9.80. The number of rotatable bonds is 1. The molecule has 1 aliphatic carbocycles. The second kappa shape index (κ2) is 4.68. The molecule has 0 aromatic rings. The van der Waals surface area contributed by atoms with Crippen molar-refractivity contribution >= 4 is 0 Å². The molecular weight excluding hydrogens is 212 g/mol. The lowest BCUT2D eigenvalue weighted by Crippen LogP contribution is -2.28. The monoisotopic (exact) mass is 234 g/mol. The van der Waals surface area contributed by atoms with Gasteiger partial charge in [0.15, 0.2) is 0 Å². The first-order valence-corrected chi connectivity index (χ1v) is 5.95. The number of aliphatic hydroxyl groups excluding tert-OH is 1. The van der Waals surface area contributed by atoms with E-state index in [0.29, 0.717) is 12.8 Å². The molecule has 0 aromatic carbocycles. The molecule has 17 heavy (non-hydrogen) atoms. The number of allylic oxidation sites excluding steroid dienone is 1. The first kappa shape index (κ1) is 14.0. The molecule has 2 heteroatoms. The Balaban J connectivity index is 3.11. The molecule has 0 radical (unpaired) electrons. The minimum absolute atomic E-state index is 0.133. The van der Waals surface area contributed by atoms with Gasteiger partial charge in [0.1, 0.15) is 5.60 Å². The Bertz CT molecular complexity index is 402. The molecule has 1 rings (SSSR count). The van der Waals surface area contributed by atoms with Crippen molar-refractivity contribution in [2.24, 2.45) is 5.41 Å². The van der Waals surface area contributed by atoms with Crippen LogP contribution in [0.4, 0.5) is 0 Å². The molecule has 0 spiro atoms. The van der Waals surface area contributed by atoms with Gasteiger partial charge in [-0.1, -0.05) is 37.8 Å². The molecule has 0 aromatic heterocycles. The lowest BCUT2D eigenvalue weighted by Gasteiger charge is -2.34. The van der Waals surface area contributed by atoms with Crippen molar-refractivity contribution in [1.82, 2.24) is 0 Å². The fraction of sp³-hybridized carbons (Fsp3) is 0.600. The van der Waals surface area contributed by atoms with Crippen molar-refractivity contribution in [3.05, 3.63) is 23.8 Å². The Labute approximate surface area is 104 Å². The molecule has 2 atom stereocenters. The Morgan fingerprint density at radius 1 is 1.53 bits per heavy atom. The van der Waals surface area contributed by atoms with Crippen LogP contribution in [0.1, 0.15) is 40.5 Å². The first-order chi connectivity index (χ1) is 7.68. The molecule has 1 aliphatic rings. The summed E-state index contributed by atoms with van der Waals surface area (Å²) in [4.78, 5) is 0. The maximum Gasteiger partial charge on any atom is 0.141 e. The van der Waals surface area contributed by atoms with Crippen LogP contribution in [0, 0.1) is 17.3 Å². The molecule has 1 unspecified atom stereocenters. The largest absolute Gasteiger partial charge is 0.393 e. The van der Waals surface area contributed by atoms with Crippen LogP contribution in [-0.4, -0.2) is 21.9 Å². The lowest BCUT2D eigenvalue weighted by atomic mass is 9.72. The average Bonchev–Trinajstić information content (AvgIpc) is 2.14. The lowest BCUT2D eigenvalue weighted by molar-refractivity contribution is 0.117. The normalized spacial score (nSPS) is 26.8. The topological polar surface area (TPSA) is 40.5 Å². The minimum Gasteiger partial charge on any atom is -0.393 e. The summed E-state index contributed by atoms with van der Waals surface area (Å²) >= 11 is 0. The molecule has 2 nitrogen and oxygen atoms in total. The van der Waals surface area contributed by atoms with Gasteiger partial charge in [0.05, 0.1) is 6.10 Å². The van der Waals surface area contributed by atoms with Crippen LogP contribution in [0.15, 0.2) is 23.8 Å². The van der Waals surface area contributed by atoms with E-state index < -0.39 is 5.60 Å². The molecule has 0 saturated heterocycles. The molecule has 0 aliphatic heterocycles. The fourth-order valence-electron chi connectivity index (χ4n) is 2.31. The van der Waals surface area contributed by atoms with Crippen LogP contribution >= 0.6 is 0 Å². The van der Waals surface area contributed by atoms with E-state index in [2.05, 4.69) is 32.3 Å². The summed E-state index contributed by atoms with van der Waals surface area (Å²) in [6, 6.07) is 0. The van der Waals surface area contributed by atoms with E-state index in [9.17, 15) is 10.2 Å². The van der Waals surface area contributed by atoms with Gasteiger partial charge in [-0.25, -0.2) is 0 Å². The second-order valence-electron chi connectivity index (χ2n) is 5.70. The highest BCUT2D eigenvalue weighted by atomic mass is 16.3. The van der Waals surface area contributed by atoms with E-state index in [1.54, 1.807) is 6.92 Å². The van der Waals surface area contributed by atoms with Crippen LogP contribution in [-0.2, 0) is 0 Å². The minimum atomic E-state index is -1.15. The number of hydrogen-bond acceptors (Lipinski definition) is 2. The predicted octanol–water partition coefficient (Wildman–Crippen LogP) is 2.42. The zero-order valence-electron chi connectivity index (χ0n) is 11.2. The highest BCUT2D eigenvalue weighted by Crippen LogP contribution is 2.39. The van der Waals surface area contributed by atoms with Gasteiger partial charge in [0.2, 0.25) is 0 Å². The summed E-state index contributed by atoms with van der Waals surface area (Å²) in [5.41, 5.74) is 0.858. The van der Waals surface area contributed by atoms with Crippen molar-refractivity contribution in [3.8, 4) is 11.8 Å². The number of hydrogen-bond donors (Lipinski definition) is 2. The molecular formula is C15H22O2. The van der Waals surface area contributed by atoms with Gasteiger partial charge in [0.25, 0.3) is 0 Å². The van der Waals surface area contributed by atoms with E-state index in [1.165, 1.54) is 6.08 Å². The molecule has 0 bridgehead atoms. The van der Waals surface area contributed by atoms with E-state index in [0.717, 1.165) is 11.1 Å². The van der Waals surface area contributed by atoms with Gasteiger partial charge in [0, 0.05) is 11.0 Å². The Kier molecular flexibility index (Phi) is 3.86. The quantitative estimate of drug-likeness (QED) is 0.540. The Morgan fingerprint density at radius 3 is 2.59 bits per heavy atom. The third-order valence-electron chi connectivity index (χ3n) is 3.23. The van der Waals surface area contributed by atoms with Gasteiger partial charge in [-0.2, -0.15) is 0 Å². The summed E-state index contributed by atoms with van der Waals surface area (Å²) < 4.78 is 0. The smallest absolute Gasteiger partial charge is 0.141 e. The van der Waals surface area contributed by atoms with Gasteiger partial charge in [-0.05, 0) is 32.8 Å². The summed E-state index contributed by atoms with van der Waals surface area (Å²) in [7, 11) is 0. The molecule has 0 fully saturated rings. The van der Waals surface area contributed by atoms with E-state index >= 15 is 0 Å². The zero-order chi connectivity index (χ0) is 13.3. The summed E-state index contributed by atoms with van der Waals surface area (Å²) in [5, 5.41) is 19.6. The van der Waals surface area contributed by atoms with Crippen LogP contribution in [0.3, 0.4) is 0 Å². The van der Waals surface area contributed by atoms with Crippen LogP contribution in [0.25, 0.3) is 0 Å². The van der Waals surface area contributed by atoms with Gasteiger partial charge >= 0.3 is 0 Å². The first-order valence-electron chi connectivity index (χ1n) is 5.95. The Hall–Kier alpha value is -1.04. The molecule has 0 heterocycles. The van der Waals surface area contributed by atoms with E-state index in [-0.39, 0.29) is 11.5 Å². The summed E-state index contributed by atoms with van der Waals surface area (Å²) in [6.07, 6.45) is 2.53. The van der Waals surface area contributed by atoms with Crippen molar-refractivity contribution < 1.29 is 10.2 Å². The van der Waals surface area contributed by atoms with Crippen LogP contribution in [0.5, 0.6) is 0 Å². The van der Waals surface area contributed by atoms with Crippen LogP contribution in [0.2, 0.25) is 0 Å². The van der Waals surface area contributed by atoms with Gasteiger partial charge < -0.3 is 10.2 Å². The third kappa shape index (κ3) is 3.46. The van der Waals surface area contributed by atoms with Crippen LogP contribution < -0.4 is 0 Å². The number of aliphatic hydroxyl groups is 2. The summed E-state index contributed by atoms with van der Waals surface area (Å²) in [6.45, 7) is 11.3.